The van der Waals surface area contributed by atoms with Crippen LogP contribution >= 0.6 is 0 Å². The monoisotopic (exact) mass is 440 g/mol. The van der Waals surface area contributed by atoms with Crippen molar-refractivity contribution in [1.29, 1.82) is 0 Å². The molecule has 0 N–H and O–H groups in total. The molecular formula is C22H24N4O4S. The van der Waals surface area contributed by atoms with Gasteiger partial charge in [-0.2, -0.15) is 4.98 Å². The van der Waals surface area contributed by atoms with Crippen LogP contribution in [0.25, 0.3) is 0 Å². The fourth-order valence-electron chi connectivity index (χ4n) is 4.70. The lowest BCUT2D eigenvalue weighted by atomic mass is 9.83. The van der Waals surface area contributed by atoms with Gasteiger partial charge in [0.15, 0.2) is 15.7 Å². The molecule has 0 bridgehead atoms. The standard InChI is InChI=1S/C22H24N4O4S/c1-29-18-6-4-16(5-7-18)11-20-24-21(30-25-20)19-8-10-31(27,28)22(19)14-26(15-22)13-17-3-2-9-23-12-17/h2-7,9,12,19H,8,10-11,13-15H2,1H3. The van der Waals surface area contributed by atoms with Crippen molar-refractivity contribution in [3.63, 3.8) is 0 Å². The summed E-state index contributed by atoms with van der Waals surface area (Å²) in [6.45, 7) is 1.64. The Bertz CT molecular complexity index is 1160. The highest BCUT2D eigenvalue weighted by atomic mass is 32.2. The molecule has 2 aliphatic heterocycles. The SMILES string of the molecule is COc1ccc(Cc2noc(C3CCS(=O)(=O)C34CN(Cc3cccnc3)C4)n2)cc1. The van der Waals surface area contributed by atoms with Crippen molar-refractivity contribution < 1.29 is 17.7 Å². The third-order valence-corrected chi connectivity index (χ3v) is 8.90. The molecule has 8 nitrogen and oxygen atoms in total. The normalized spacial score (nSPS) is 21.8. The molecule has 3 aromatic rings. The number of pyridine rings is 1. The fraction of sp³-hybridized carbons (Fsp3) is 0.409. The van der Waals surface area contributed by atoms with E-state index >= 15 is 0 Å². The van der Waals surface area contributed by atoms with E-state index in [0.717, 1.165) is 16.9 Å². The Morgan fingerprint density at radius 2 is 2.00 bits per heavy atom. The fourth-order valence-corrected chi connectivity index (χ4v) is 7.06. The molecule has 2 aliphatic rings. The van der Waals surface area contributed by atoms with Gasteiger partial charge in [0.1, 0.15) is 10.5 Å². The number of hydrogen-bond acceptors (Lipinski definition) is 8. The third-order valence-electron chi connectivity index (χ3n) is 6.34. The molecule has 0 radical (unpaired) electrons. The number of rotatable bonds is 6. The predicted octanol–water partition coefficient (Wildman–Crippen LogP) is 2.22. The number of benzene rings is 1. The van der Waals surface area contributed by atoms with Crippen LogP contribution in [-0.4, -0.2) is 59.1 Å². The molecule has 1 spiro atoms. The second-order valence-electron chi connectivity index (χ2n) is 8.31. The zero-order valence-electron chi connectivity index (χ0n) is 17.3. The van der Waals surface area contributed by atoms with Crippen LogP contribution in [0.2, 0.25) is 0 Å². The van der Waals surface area contributed by atoms with Crippen LogP contribution in [0, 0.1) is 0 Å². The minimum atomic E-state index is -3.23. The van der Waals surface area contributed by atoms with Crippen LogP contribution in [0.15, 0.2) is 53.3 Å². The summed E-state index contributed by atoms with van der Waals surface area (Å²) in [6.07, 6.45) is 4.59. The first-order chi connectivity index (χ1) is 15.0. The lowest BCUT2D eigenvalue weighted by Gasteiger charge is -2.49. The lowest BCUT2D eigenvalue weighted by molar-refractivity contribution is 0.0899. The molecule has 2 fully saturated rings. The molecule has 0 amide bonds. The number of likely N-dealkylation sites (tertiary alicyclic amines) is 1. The number of aromatic nitrogens is 3. The highest BCUT2D eigenvalue weighted by molar-refractivity contribution is 7.93. The number of nitrogens with zero attached hydrogens (tertiary/aromatic N) is 4. The zero-order valence-corrected chi connectivity index (χ0v) is 18.1. The van der Waals surface area contributed by atoms with Gasteiger partial charge in [0.05, 0.1) is 18.8 Å². The largest absolute Gasteiger partial charge is 0.497 e. The summed E-state index contributed by atoms with van der Waals surface area (Å²) in [6, 6.07) is 11.6. The molecule has 5 rings (SSSR count). The van der Waals surface area contributed by atoms with Gasteiger partial charge in [-0.15, -0.1) is 0 Å². The maximum atomic E-state index is 13.0. The Labute approximate surface area is 181 Å². The van der Waals surface area contributed by atoms with Crippen molar-refractivity contribution in [3.8, 4) is 5.75 Å². The molecule has 2 saturated heterocycles. The van der Waals surface area contributed by atoms with Gasteiger partial charge in [-0.3, -0.25) is 9.88 Å². The van der Waals surface area contributed by atoms with Crippen molar-refractivity contribution in [1.82, 2.24) is 20.0 Å². The minimum Gasteiger partial charge on any atom is -0.497 e. The van der Waals surface area contributed by atoms with Gasteiger partial charge in [0.2, 0.25) is 5.89 Å². The molecule has 162 valence electrons. The van der Waals surface area contributed by atoms with E-state index < -0.39 is 14.6 Å². The molecule has 9 heteroatoms. The summed E-state index contributed by atoms with van der Waals surface area (Å²) >= 11 is 0. The molecular weight excluding hydrogens is 416 g/mol. The van der Waals surface area contributed by atoms with Crippen molar-refractivity contribution in [2.75, 3.05) is 26.0 Å². The maximum absolute atomic E-state index is 13.0. The molecule has 1 unspecified atom stereocenters. The van der Waals surface area contributed by atoms with Gasteiger partial charge < -0.3 is 9.26 Å². The highest BCUT2D eigenvalue weighted by Crippen LogP contribution is 2.49. The quantitative estimate of drug-likeness (QED) is 0.575. The van der Waals surface area contributed by atoms with Crippen molar-refractivity contribution in [3.05, 3.63) is 71.6 Å². The van der Waals surface area contributed by atoms with Gasteiger partial charge in [-0.05, 0) is 35.7 Å². The van der Waals surface area contributed by atoms with E-state index in [4.69, 9.17) is 9.26 Å². The van der Waals surface area contributed by atoms with Crippen molar-refractivity contribution >= 4 is 9.84 Å². The molecule has 1 atom stereocenters. The first kappa shape index (κ1) is 20.1. The Kier molecular flexibility index (Phi) is 5.02. The van der Waals surface area contributed by atoms with E-state index in [-0.39, 0.29) is 11.7 Å². The minimum absolute atomic E-state index is 0.161. The van der Waals surface area contributed by atoms with Gasteiger partial charge in [-0.25, -0.2) is 8.42 Å². The smallest absolute Gasteiger partial charge is 0.231 e. The van der Waals surface area contributed by atoms with E-state index in [2.05, 4.69) is 20.0 Å². The van der Waals surface area contributed by atoms with Crippen LogP contribution in [0.5, 0.6) is 5.75 Å². The average Bonchev–Trinajstić information content (AvgIpc) is 3.31. The van der Waals surface area contributed by atoms with Crippen LogP contribution in [0.4, 0.5) is 0 Å². The predicted molar refractivity (Wildman–Crippen MR) is 113 cm³/mol. The van der Waals surface area contributed by atoms with Gasteiger partial charge in [0, 0.05) is 38.4 Å². The van der Waals surface area contributed by atoms with Crippen LogP contribution in [-0.2, 0) is 22.8 Å². The van der Waals surface area contributed by atoms with Gasteiger partial charge in [0.25, 0.3) is 0 Å². The van der Waals surface area contributed by atoms with Crippen LogP contribution in [0.1, 0.15) is 35.2 Å². The van der Waals surface area contributed by atoms with Crippen LogP contribution in [0.3, 0.4) is 0 Å². The molecule has 31 heavy (non-hydrogen) atoms. The van der Waals surface area contributed by atoms with Crippen LogP contribution < -0.4 is 4.74 Å². The Hall–Kier alpha value is -2.78. The summed E-state index contributed by atoms with van der Waals surface area (Å²) in [4.78, 5) is 10.9. The van der Waals surface area contributed by atoms with E-state index in [9.17, 15) is 8.42 Å². The maximum Gasteiger partial charge on any atom is 0.231 e. The second kappa shape index (κ2) is 7.72. The van der Waals surface area contributed by atoms with E-state index in [1.54, 1.807) is 13.3 Å². The number of sulfone groups is 1. The molecule has 0 aliphatic carbocycles. The van der Waals surface area contributed by atoms with E-state index in [0.29, 0.717) is 44.2 Å². The topological polar surface area (TPSA) is 98.4 Å². The van der Waals surface area contributed by atoms with E-state index in [1.165, 1.54) is 0 Å². The number of methoxy groups -OCH3 is 1. The number of ether oxygens (including phenoxy) is 1. The Balaban J connectivity index is 1.31. The number of hydrogen-bond donors (Lipinski definition) is 0. The first-order valence-corrected chi connectivity index (χ1v) is 11.9. The summed E-state index contributed by atoms with van der Waals surface area (Å²) in [7, 11) is -1.60. The molecule has 2 aromatic heterocycles. The van der Waals surface area contributed by atoms with Gasteiger partial charge in [-0.1, -0.05) is 23.4 Å². The molecule has 4 heterocycles. The highest BCUT2D eigenvalue weighted by Gasteiger charge is 2.63. The van der Waals surface area contributed by atoms with Crippen molar-refractivity contribution in [2.45, 2.75) is 30.1 Å². The Morgan fingerprint density at radius 1 is 1.19 bits per heavy atom. The Morgan fingerprint density at radius 3 is 2.71 bits per heavy atom. The van der Waals surface area contributed by atoms with Gasteiger partial charge >= 0.3 is 0 Å². The molecule has 0 saturated carbocycles. The molecule has 1 aromatic carbocycles. The zero-order chi connectivity index (χ0) is 21.5. The summed E-state index contributed by atoms with van der Waals surface area (Å²) in [5.41, 5.74) is 2.11. The lowest BCUT2D eigenvalue weighted by Crippen LogP contribution is -2.65. The summed E-state index contributed by atoms with van der Waals surface area (Å²) in [5, 5.41) is 4.12. The average molecular weight is 441 g/mol. The van der Waals surface area contributed by atoms with E-state index in [1.807, 2.05) is 42.6 Å². The third kappa shape index (κ3) is 3.61. The summed E-state index contributed by atoms with van der Waals surface area (Å²) in [5.74, 6) is 1.68. The second-order valence-corrected chi connectivity index (χ2v) is 10.8. The van der Waals surface area contributed by atoms with Crippen molar-refractivity contribution in [2.24, 2.45) is 0 Å². The first-order valence-electron chi connectivity index (χ1n) is 10.3. The summed E-state index contributed by atoms with van der Waals surface area (Å²) < 4.78 is 35.8.